The van der Waals surface area contributed by atoms with Gasteiger partial charge in [0.15, 0.2) is 11.4 Å². The van der Waals surface area contributed by atoms with Crippen LogP contribution in [0.4, 0.5) is 4.39 Å². The molecule has 1 atom stereocenters. The van der Waals surface area contributed by atoms with Crippen molar-refractivity contribution in [1.29, 1.82) is 0 Å². The van der Waals surface area contributed by atoms with Gasteiger partial charge in [-0.15, -0.1) is 0 Å². The summed E-state index contributed by atoms with van der Waals surface area (Å²) in [6.07, 6.45) is 1.38. The Kier molecular flexibility index (Phi) is 3.95. The van der Waals surface area contributed by atoms with E-state index in [1.807, 2.05) is 6.07 Å². The molecule has 1 aliphatic rings. The van der Waals surface area contributed by atoms with Crippen LogP contribution in [-0.2, 0) is 9.47 Å². The number of furan rings is 1. The highest BCUT2D eigenvalue weighted by Crippen LogP contribution is 2.39. The van der Waals surface area contributed by atoms with Crippen LogP contribution in [0.1, 0.15) is 24.6 Å². The summed E-state index contributed by atoms with van der Waals surface area (Å²) in [5.41, 5.74) is 2.49. The molecule has 114 valence electrons. The molecule has 1 aromatic carbocycles. The monoisotopic (exact) mass is 294 g/mol. The fourth-order valence-electron chi connectivity index (χ4n) is 3.01. The first-order valence-corrected chi connectivity index (χ1v) is 6.97. The van der Waals surface area contributed by atoms with Crippen LogP contribution in [0.15, 0.2) is 28.7 Å². The van der Waals surface area contributed by atoms with Crippen LogP contribution in [-0.4, -0.2) is 25.9 Å². The standard InChI is InChI=1S/C15H19FN2O3/c1-19-15(5-7-20-8-6-15)14(18-17)12-9-10-3-2-4-11(16)13(10)21-12/h2-4,9,14,18H,5-8,17H2,1H3. The molecule has 0 spiro atoms. The highest BCUT2D eigenvalue weighted by atomic mass is 19.1. The van der Waals surface area contributed by atoms with E-state index in [-0.39, 0.29) is 17.4 Å². The smallest absolute Gasteiger partial charge is 0.169 e. The Morgan fingerprint density at radius 1 is 1.38 bits per heavy atom. The Morgan fingerprint density at radius 2 is 2.14 bits per heavy atom. The predicted molar refractivity (Wildman–Crippen MR) is 76.0 cm³/mol. The zero-order valence-corrected chi connectivity index (χ0v) is 11.9. The number of hydrogen-bond donors (Lipinski definition) is 2. The topological polar surface area (TPSA) is 69.7 Å². The summed E-state index contributed by atoms with van der Waals surface area (Å²) in [4.78, 5) is 0. The van der Waals surface area contributed by atoms with Crippen LogP contribution in [0.3, 0.4) is 0 Å². The number of hydrazine groups is 1. The van der Waals surface area contributed by atoms with E-state index in [0.29, 0.717) is 37.2 Å². The summed E-state index contributed by atoms with van der Waals surface area (Å²) < 4.78 is 30.6. The number of nitrogens with one attached hydrogen (secondary N) is 1. The van der Waals surface area contributed by atoms with Gasteiger partial charge < -0.3 is 13.9 Å². The van der Waals surface area contributed by atoms with Crippen LogP contribution in [0.2, 0.25) is 0 Å². The number of benzene rings is 1. The Hall–Kier alpha value is -1.47. The van der Waals surface area contributed by atoms with Gasteiger partial charge in [0.1, 0.15) is 11.8 Å². The molecule has 0 radical (unpaired) electrons. The average Bonchev–Trinajstić information content (AvgIpc) is 2.94. The number of rotatable bonds is 4. The molecule has 1 saturated heterocycles. The molecular formula is C15H19FN2O3. The van der Waals surface area contributed by atoms with Crippen molar-refractivity contribution >= 4 is 11.0 Å². The number of methoxy groups -OCH3 is 1. The third-order valence-corrected chi connectivity index (χ3v) is 4.24. The molecule has 3 N–H and O–H groups in total. The minimum atomic E-state index is -0.517. The largest absolute Gasteiger partial charge is 0.456 e. The van der Waals surface area contributed by atoms with Crippen molar-refractivity contribution in [2.45, 2.75) is 24.5 Å². The van der Waals surface area contributed by atoms with E-state index in [2.05, 4.69) is 5.43 Å². The Bertz CT molecular complexity index is 622. The van der Waals surface area contributed by atoms with E-state index in [4.69, 9.17) is 19.7 Å². The van der Waals surface area contributed by atoms with Crippen molar-refractivity contribution < 1.29 is 18.3 Å². The maximum atomic E-state index is 13.8. The lowest BCUT2D eigenvalue weighted by atomic mass is 9.85. The maximum absolute atomic E-state index is 13.8. The van der Waals surface area contributed by atoms with Gasteiger partial charge in [-0.2, -0.15) is 0 Å². The molecule has 3 rings (SSSR count). The summed E-state index contributed by atoms with van der Waals surface area (Å²) in [5.74, 6) is 5.92. The van der Waals surface area contributed by atoms with Crippen molar-refractivity contribution in [3.63, 3.8) is 0 Å². The van der Waals surface area contributed by atoms with E-state index in [0.717, 1.165) is 0 Å². The average molecular weight is 294 g/mol. The van der Waals surface area contributed by atoms with Gasteiger partial charge in [0.2, 0.25) is 0 Å². The van der Waals surface area contributed by atoms with Crippen molar-refractivity contribution in [3.05, 3.63) is 35.8 Å². The summed E-state index contributed by atoms with van der Waals surface area (Å²) in [6, 6.07) is 6.28. The van der Waals surface area contributed by atoms with Crippen LogP contribution in [0, 0.1) is 5.82 Å². The number of nitrogens with two attached hydrogens (primary N) is 1. The van der Waals surface area contributed by atoms with Gasteiger partial charge >= 0.3 is 0 Å². The van der Waals surface area contributed by atoms with Crippen LogP contribution < -0.4 is 11.3 Å². The van der Waals surface area contributed by atoms with E-state index in [1.165, 1.54) is 6.07 Å². The van der Waals surface area contributed by atoms with Crippen LogP contribution >= 0.6 is 0 Å². The van der Waals surface area contributed by atoms with Gasteiger partial charge in [-0.05, 0) is 12.1 Å². The van der Waals surface area contributed by atoms with Gasteiger partial charge in [-0.1, -0.05) is 12.1 Å². The van der Waals surface area contributed by atoms with E-state index >= 15 is 0 Å². The Labute approximate surface area is 122 Å². The first-order valence-electron chi connectivity index (χ1n) is 6.97. The fraction of sp³-hybridized carbons (Fsp3) is 0.467. The zero-order valence-electron chi connectivity index (χ0n) is 11.9. The molecular weight excluding hydrogens is 275 g/mol. The predicted octanol–water partition coefficient (Wildman–Crippen LogP) is 2.27. The van der Waals surface area contributed by atoms with Crippen molar-refractivity contribution in [2.24, 2.45) is 5.84 Å². The molecule has 0 saturated carbocycles. The Balaban J connectivity index is 2.02. The number of fused-ring (bicyclic) bond motifs is 1. The molecule has 2 heterocycles. The molecule has 6 heteroatoms. The fourth-order valence-corrected chi connectivity index (χ4v) is 3.01. The molecule has 0 bridgehead atoms. The summed E-state index contributed by atoms with van der Waals surface area (Å²) in [5, 5.41) is 0.712. The first kappa shape index (κ1) is 14.5. The minimum absolute atomic E-state index is 0.242. The van der Waals surface area contributed by atoms with Gasteiger partial charge in [0.25, 0.3) is 0 Å². The Morgan fingerprint density at radius 3 is 2.76 bits per heavy atom. The van der Waals surface area contributed by atoms with E-state index in [1.54, 1.807) is 19.2 Å². The molecule has 1 unspecified atom stereocenters. The van der Waals surface area contributed by atoms with Gasteiger partial charge in [0, 0.05) is 38.6 Å². The molecule has 21 heavy (non-hydrogen) atoms. The highest BCUT2D eigenvalue weighted by Gasteiger charge is 2.43. The lowest BCUT2D eigenvalue weighted by Crippen LogP contribution is -2.51. The normalized spacial score (nSPS) is 19.8. The number of halogens is 1. The molecule has 5 nitrogen and oxygen atoms in total. The summed E-state index contributed by atoms with van der Waals surface area (Å²) in [6.45, 7) is 1.20. The van der Waals surface area contributed by atoms with Gasteiger partial charge in [0.05, 0.1) is 5.60 Å². The molecule has 1 aliphatic heterocycles. The number of ether oxygens (including phenoxy) is 2. The third-order valence-electron chi connectivity index (χ3n) is 4.24. The molecule has 0 aliphatic carbocycles. The second-order valence-corrected chi connectivity index (χ2v) is 5.29. The minimum Gasteiger partial charge on any atom is -0.456 e. The second-order valence-electron chi connectivity index (χ2n) is 5.29. The van der Waals surface area contributed by atoms with Crippen molar-refractivity contribution in [1.82, 2.24) is 5.43 Å². The van der Waals surface area contributed by atoms with Crippen LogP contribution in [0.25, 0.3) is 11.0 Å². The summed E-state index contributed by atoms with van der Waals surface area (Å²) in [7, 11) is 1.65. The first-order chi connectivity index (χ1) is 10.2. The van der Waals surface area contributed by atoms with E-state index in [9.17, 15) is 4.39 Å². The third kappa shape index (κ3) is 2.44. The lowest BCUT2D eigenvalue weighted by Gasteiger charge is -2.40. The van der Waals surface area contributed by atoms with Crippen molar-refractivity contribution in [3.8, 4) is 0 Å². The summed E-state index contributed by atoms with van der Waals surface area (Å²) >= 11 is 0. The van der Waals surface area contributed by atoms with Crippen molar-refractivity contribution in [2.75, 3.05) is 20.3 Å². The highest BCUT2D eigenvalue weighted by molar-refractivity contribution is 5.78. The number of hydrogen-bond acceptors (Lipinski definition) is 5. The SMILES string of the molecule is COC1(C(NN)c2cc3cccc(F)c3o2)CCOCC1. The maximum Gasteiger partial charge on any atom is 0.169 e. The second kappa shape index (κ2) is 5.73. The van der Waals surface area contributed by atoms with Gasteiger partial charge in [-0.3, -0.25) is 5.84 Å². The van der Waals surface area contributed by atoms with Crippen LogP contribution in [0.5, 0.6) is 0 Å². The van der Waals surface area contributed by atoms with E-state index < -0.39 is 5.60 Å². The zero-order chi connectivity index (χ0) is 14.9. The molecule has 0 amide bonds. The quantitative estimate of drug-likeness (QED) is 0.668. The van der Waals surface area contributed by atoms with Gasteiger partial charge in [-0.25, -0.2) is 9.82 Å². The molecule has 2 aromatic rings. The molecule has 1 aromatic heterocycles. The number of para-hydroxylation sites is 1. The molecule has 1 fully saturated rings. The lowest BCUT2D eigenvalue weighted by molar-refractivity contribution is -0.114.